The van der Waals surface area contributed by atoms with E-state index in [2.05, 4.69) is 26.0 Å². The van der Waals surface area contributed by atoms with Crippen molar-refractivity contribution in [3.63, 3.8) is 0 Å². The van der Waals surface area contributed by atoms with E-state index < -0.39 is 0 Å². The molecule has 20 heavy (non-hydrogen) atoms. The van der Waals surface area contributed by atoms with Crippen LogP contribution in [0.15, 0.2) is 24.3 Å². The van der Waals surface area contributed by atoms with E-state index >= 15 is 0 Å². The Balaban J connectivity index is 1.94. The number of anilines is 2. The Kier molecular flexibility index (Phi) is 3.19. The average Bonchev–Trinajstić information content (AvgIpc) is 2.79. The molecule has 0 bridgehead atoms. The second kappa shape index (κ2) is 5.01. The lowest BCUT2D eigenvalue weighted by molar-refractivity contribution is 0.889. The highest BCUT2D eigenvalue weighted by molar-refractivity contribution is 7.18. The van der Waals surface area contributed by atoms with Crippen molar-refractivity contribution in [2.75, 3.05) is 24.7 Å². The number of nitrogens with zero attached hydrogens (tertiary/aromatic N) is 5. The fourth-order valence-corrected chi connectivity index (χ4v) is 2.80. The first kappa shape index (κ1) is 12.7. The normalized spacial score (nSPS) is 10.9. The molecule has 0 aliphatic heterocycles. The van der Waals surface area contributed by atoms with Crippen LogP contribution >= 0.6 is 11.3 Å². The zero-order chi connectivity index (χ0) is 14.1. The zero-order valence-electron chi connectivity index (χ0n) is 11.2. The zero-order valence-corrected chi connectivity index (χ0v) is 12.1. The summed E-state index contributed by atoms with van der Waals surface area (Å²) in [5.74, 6) is 1.44. The van der Waals surface area contributed by atoms with E-state index in [1.807, 2.05) is 32.3 Å². The van der Waals surface area contributed by atoms with Crippen molar-refractivity contribution in [1.29, 1.82) is 0 Å². The van der Waals surface area contributed by atoms with Crippen LogP contribution in [0.2, 0.25) is 0 Å². The van der Waals surface area contributed by atoms with Gasteiger partial charge in [0.05, 0.1) is 16.6 Å². The van der Waals surface area contributed by atoms with E-state index in [1.54, 1.807) is 16.2 Å². The Morgan fingerprint density at radius 3 is 2.65 bits per heavy atom. The first-order valence-electron chi connectivity index (χ1n) is 6.14. The third kappa shape index (κ3) is 2.53. The van der Waals surface area contributed by atoms with Gasteiger partial charge in [0.25, 0.3) is 0 Å². The van der Waals surface area contributed by atoms with E-state index in [4.69, 9.17) is 5.73 Å². The highest BCUT2D eigenvalue weighted by Crippen LogP contribution is 2.23. The van der Waals surface area contributed by atoms with E-state index in [0.29, 0.717) is 18.2 Å². The number of aromatic nitrogens is 4. The Morgan fingerprint density at radius 2 is 1.90 bits per heavy atom. The second-order valence-electron chi connectivity index (χ2n) is 4.56. The van der Waals surface area contributed by atoms with Gasteiger partial charge in [-0.3, -0.25) is 0 Å². The van der Waals surface area contributed by atoms with Crippen molar-refractivity contribution < 1.29 is 0 Å². The van der Waals surface area contributed by atoms with Crippen LogP contribution in [0.4, 0.5) is 11.9 Å². The van der Waals surface area contributed by atoms with Gasteiger partial charge >= 0.3 is 0 Å². The van der Waals surface area contributed by atoms with E-state index in [9.17, 15) is 0 Å². The number of para-hydroxylation sites is 1. The summed E-state index contributed by atoms with van der Waals surface area (Å²) in [7, 11) is 3.74. The van der Waals surface area contributed by atoms with Crippen LogP contribution in [0.1, 0.15) is 10.8 Å². The molecule has 6 nitrogen and oxygen atoms in total. The largest absolute Gasteiger partial charge is 0.368 e. The molecule has 0 saturated carbocycles. The van der Waals surface area contributed by atoms with Gasteiger partial charge in [-0.15, -0.1) is 11.3 Å². The van der Waals surface area contributed by atoms with E-state index in [0.717, 1.165) is 15.2 Å². The molecule has 0 fully saturated rings. The molecule has 3 rings (SSSR count). The molecule has 102 valence electrons. The Hall–Kier alpha value is -2.28. The van der Waals surface area contributed by atoms with Crippen molar-refractivity contribution in [2.24, 2.45) is 0 Å². The Bertz CT molecular complexity index is 718. The molecule has 0 amide bonds. The second-order valence-corrected chi connectivity index (χ2v) is 5.67. The van der Waals surface area contributed by atoms with Gasteiger partial charge in [0, 0.05) is 14.1 Å². The highest BCUT2D eigenvalue weighted by atomic mass is 32.1. The van der Waals surface area contributed by atoms with Crippen LogP contribution < -0.4 is 10.6 Å². The minimum atomic E-state index is 0.236. The summed E-state index contributed by atoms with van der Waals surface area (Å²) in [4.78, 5) is 19.0. The molecule has 3 aromatic rings. The molecule has 0 radical (unpaired) electrons. The van der Waals surface area contributed by atoms with Gasteiger partial charge in [0.2, 0.25) is 11.9 Å². The summed E-state index contributed by atoms with van der Waals surface area (Å²) in [5, 5.41) is 0.974. The smallest absolute Gasteiger partial charge is 0.229 e. The summed E-state index contributed by atoms with van der Waals surface area (Å²) in [6.07, 6.45) is 0.562. The predicted octanol–water partition coefficient (Wildman–Crippen LogP) is 1.72. The van der Waals surface area contributed by atoms with Crippen LogP contribution in [0.3, 0.4) is 0 Å². The fourth-order valence-electron chi connectivity index (χ4n) is 1.83. The van der Waals surface area contributed by atoms with Gasteiger partial charge in [-0.05, 0) is 12.1 Å². The van der Waals surface area contributed by atoms with Crippen molar-refractivity contribution in [3.8, 4) is 0 Å². The van der Waals surface area contributed by atoms with Gasteiger partial charge in [-0.1, -0.05) is 12.1 Å². The number of rotatable bonds is 3. The third-order valence-electron chi connectivity index (χ3n) is 2.73. The Labute approximate surface area is 120 Å². The van der Waals surface area contributed by atoms with Crippen LogP contribution in [0, 0.1) is 0 Å². The molecule has 1 aromatic carbocycles. The molecule has 2 heterocycles. The maximum Gasteiger partial charge on any atom is 0.229 e. The number of thiazole rings is 1. The predicted molar refractivity (Wildman–Crippen MR) is 81.0 cm³/mol. The molecule has 0 unspecified atom stereocenters. The molecule has 2 aromatic heterocycles. The van der Waals surface area contributed by atoms with Crippen LogP contribution in [0.5, 0.6) is 0 Å². The van der Waals surface area contributed by atoms with Gasteiger partial charge in [-0.2, -0.15) is 15.0 Å². The summed E-state index contributed by atoms with van der Waals surface area (Å²) in [5.41, 5.74) is 6.72. The minimum absolute atomic E-state index is 0.236. The maximum absolute atomic E-state index is 5.72. The quantitative estimate of drug-likeness (QED) is 0.789. The lowest BCUT2D eigenvalue weighted by atomic mass is 10.3. The molecule has 7 heteroatoms. The SMILES string of the molecule is CN(C)c1nc(N)nc(Cc2nc3ccccc3s2)n1. The summed E-state index contributed by atoms with van der Waals surface area (Å²) in [6.45, 7) is 0. The average molecular weight is 286 g/mol. The van der Waals surface area contributed by atoms with Gasteiger partial charge in [-0.25, -0.2) is 4.98 Å². The van der Waals surface area contributed by atoms with Gasteiger partial charge in [0.15, 0.2) is 0 Å². The van der Waals surface area contributed by atoms with Crippen molar-refractivity contribution in [3.05, 3.63) is 35.1 Å². The van der Waals surface area contributed by atoms with Crippen molar-refractivity contribution in [2.45, 2.75) is 6.42 Å². The lowest BCUT2D eigenvalue weighted by Gasteiger charge is -2.10. The topological polar surface area (TPSA) is 80.8 Å². The maximum atomic E-state index is 5.72. The van der Waals surface area contributed by atoms with Gasteiger partial charge < -0.3 is 10.6 Å². The molecule has 0 atom stereocenters. The monoisotopic (exact) mass is 286 g/mol. The first-order chi connectivity index (χ1) is 9.61. The standard InChI is InChI=1S/C13H14N6S/c1-19(2)13-17-10(16-12(14)18-13)7-11-15-8-5-3-4-6-9(8)20-11/h3-6H,7H2,1-2H3,(H2,14,16,17,18). The number of hydrogen-bond donors (Lipinski definition) is 1. The molecular formula is C13H14N6S. The molecule has 0 aliphatic rings. The molecule has 0 aliphatic carbocycles. The number of fused-ring (bicyclic) bond motifs is 1. The Morgan fingerprint density at radius 1 is 1.10 bits per heavy atom. The van der Waals surface area contributed by atoms with E-state index in [-0.39, 0.29) is 5.95 Å². The number of nitrogens with two attached hydrogens (primary N) is 1. The molecule has 0 spiro atoms. The number of benzene rings is 1. The van der Waals surface area contributed by atoms with E-state index in [1.165, 1.54) is 0 Å². The number of hydrogen-bond acceptors (Lipinski definition) is 7. The number of nitrogen functional groups attached to an aromatic ring is 1. The van der Waals surface area contributed by atoms with Gasteiger partial charge in [0.1, 0.15) is 10.8 Å². The third-order valence-corrected chi connectivity index (χ3v) is 3.77. The lowest BCUT2D eigenvalue weighted by Crippen LogP contribution is -2.16. The highest BCUT2D eigenvalue weighted by Gasteiger charge is 2.10. The fraction of sp³-hybridized carbons (Fsp3) is 0.231. The summed E-state index contributed by atoms with van der Waals surface area (Å²) in [6, 6.07) is 8.05. The van der Waals surface area contributed by atoms with Crippen molar-refractivity contribution in [1.82, 2.24) is 19.9 Å². The van der Waals surface area contributed by atoms with Crippen LogP contribution in [-0.4, -0.2) is 34.0 Å². The molecule has 2 N–H and O–H groups in total. The van der Waals surface area contributed by atoms with Crippen LogP contribution in [0.25, 0.3) is 10.2 Å². The first-order valence-corrected chi connectivity index (χ1v) is 6.95. The molecule has 0 saturated heterocycles. The summed E-state index contributed by atoms with van der Waals surface area (Å²) >= 11 is 1.65. The van der Waals surface area contributed by atoms with Crippen LogP contribution in [-0.2, 0) is 6.42 Å². The molecular weight excluding hydrogens is 272 g/mol. The summed E-state index contributed by atoms with van der Waals surface area (Å²) < 4.78 is 1.16. The van der Waals surface area contributed by atoms with Crippen molar-refractivity contribution >= 4 is 33.5 Å². The minimum Gasteiger partial charge on any atom is -0.368 e.